The van der Waals surface area contributed by atoms with Gasteiger partial charge in [-0.2, -0.15) is 0 Å². The predicted molar refractivity (Wildman–Crippen MR) is 66.2 cm³/mol. The molecule has 7 nitrogen and oxygen atoms in total. The van der Waals surface area contributed by atoms with Gasteiger partial charge in [-0.1, -0.05) is 13.3 Å². The quantitative estimate of drug-likeness (QED) is 0.600. The number of rotatable bonds is 7. The van der Waals surface area contributed by atoms with Crippen molar-refractivity contribution >= 4 is 17.9 Å². The molecular weight excluding hydrogens is 238 g/mol. The van der Waals surface area contributed by atoms with Gasteiger partial charge in [-0.15, -0.1) is 0 Å². The minimum Gasteiger partial charge on any atom is -0.480 e. The van der Waals surface area contributed by atoms with E-state index in [-0.39, 0.29) is 12.5 Å². The molecule has 0 heterocycles. The van der Waals surface area contributed by atoms with Crippen LogP contribution in [0.25, 0.3) is 0 Å². The number of nitrogens with one attached hydrogen (secondary N) is 2. The van der Waals surface area contributed by atoms with Crippen molar-refractivity contribution in [2.24, 2.45) is 0 Å². The van der Waals surface area contributed by atoms with Crippen LogP contribution in [0.2, 0.25) is 0 Å². The van der Waals surface area contributed by atoms with Crippen molar-refractivity contribution in [2.75, 3.05) is 20.1 Å². The molecule has 104 valence electrons. The Hall–Kier alpha value is -1.79. The summed E-state index contributed by atoms with van der Waals surface area (Å²) in [6.07, 6.45) is 1.01. The number of carbonyl (C=O) groups excluding carboxylic acids is 2. The molecule has 0 unspecified atom stereocenters. The summed E-state index contributed by atoms with van der Waals surface area (Å²) in [6.45, 7) is 4.00. The van der Waals surface area contributed by atoms with Crippen LogP contribution in [-0.4, -0.2) is 54.1 Å². The number of urea groups is 1. The highest BCUT2D eigenvalue weighted by molar-refractivity contribution is 5.86. The number of likely N-dealkylation sites (N-methyl/N-ethyl adjacent to an activating group) is 2. The first-order valence-corrected chi connectivity index (χ1v) is 5.93. The fourth-order valence-corrected chi connectivity index (χ4v) is 1.35. The van der Waals surface area contributed by atoms with E-state index in [4.69, 9.17) is 5.11 Å². The average molecular weight is 259 g/mol. The Morgan fingerprint density at radius 1 is 1.28 bits per heavy atom. The SMILES string of the molecule is CCC[C@@H](NC(=O)N(C)CC(=O)NCC)C(=O)O. The molecule has 0 bridgehead atoms. The zero-order valence-electron chi connectivity index (χ0n) is 11.0. The van der Waals surface area contributed by atoms with Crippen LogP contribution in [-0.2, 0) is 9.59 Å². The Labute approximate surface area is 107 Å². The highest BCUT2D eigenvalue weighted by atomic mass is 16.4. The Bertz CT molecular complexity index is 307. The number of carbonyl (C=O) groups is 3. The summed E-state index contributed by atoms with van der Waals surface area (Å²) in [6, 6.07) is -1.48. The minimum atomic E-state index is -1.07. The number of hydrogen-bond donors (Lipinski definition) is 3. The lowest BCUT2D eigenvalue weighted by Crippen LogP contribution is -2.49. The predicted octanol–water partition coefficient (Wildman–Crippen LogP) is 0.0172. The summed E-state index contributed by atoms with van der Waals surface area (Å²) < 4.78 is 0. The number of hydrogen-bond acceptors (Lipinski definition) is 3. The third-order valence-electron chi connectivity index (χ3n) is 2.27. The van der Waals surface area contributed by atoms with Crippen LogP contribution >= 0.6 is 0 Å². The second kappa shape index (κ2) is 8.32. The van der Waals surface area contributed by atoms with Crippen LogP contribution in [0.1, 0.15) is 26.7 Å². The summed E-state index contributed by atoms with van der Waals surface area (Å²) in [5.41, 5.74) is 0. The molecule has 7 heteroatoms. The third-order valence-corrected chi connectivity index (χ3v) is 2.27. The molecule has 0 rings (SSSR count). The van der Waals surface area contributed by atoms with E-state index in [2.05, 4.69) is 10.6 Å². The number of nitrogens with zero attached hydrogens (tertiary/aromatic N) is 1. The van der Waals surface area contributed by atoms with E-state index in [0.717, 1.165) is 4.90 Å². The van der Waals surface area contributed by atoms with Crippen LogP contribution in [0, 0.1) is 0 Å². The van der Waals surface area contributed by atoms with Crippen LogP contribution < -0.4 is 10.6 Å². The van der Waals surface area contributed by atoms with E-state index in [1.807, 2.05) is 6.92 Å². The van der Waals surface area contributed by atoms with E-state index >= 15 is 0 Å². The molecule has 0 aromatic rings. The minimum absolute atomic E-state index is 0.0991. The lowest BCUT2D eigenvalue weighted by atomic mass is 10.2. The number of aliphatic carboxylic acids is 1. The summed E-state index contributed by atoms with van der Waals surface area (Å²) in [5.74, 6) is -1.35. The zero-order chi connectivity index (χ0) is 14.1. The van der Waals surface area contributed by atoms with Crippen LogP contribution in [0.3, 0.4) is 0 Å². The normalized spacial score (nSPS) is 11.5. The van der Waals surface area contributed by atoms with Crippen molar-refractivity contribution in [1.82, 2.24) is 15.5 Å². The van der Waals surface area contributed by atoms with Crippen LogP contribution in [0.5, 0.6) is 0 Å². The Morgan fingerprint density at radius 3 is 2.33 bits per heavy atom. The van der Waals surface area contributed by atoms with E-state index in [0.29, 0.717) is 19.4 Å². The molecular formula is C11H21N3O4. The summed E-state index contributed by atoms with van der Waals surface area (Å²) >= 11 is 0. The zero-order valence-corrected chi connectivity index (χ0v) is 11.0. The first-order chi connectivity index (χ1) is 8.42. The van der Waals surface area contributed by atoms with Gasteiger partial charge < -0.3 is 20.6 Å². The van der Waals surface area contributed by atoms with E-state index in [1.54, 1.807) is 6.92 Å². The molecule has 0 aromatic heterocycles. The second-order valence-electron chi connectivity index (χ2n) is 3.94. The van der Waals surface area contributed by atoms with E-state index in [9.17, 15) is 14.4 Å². The molecule has 0 radical (unpaired) electrons. The van der Waals surface area contributed by atoms with Gasteiger partial charge in [0.25, 0.3) is 0 Å². The molecule has 0 aliphatic carbocycles. The molecule has 1 atom stereocenters. The topological polar surface area (TPSA) is 98.7 Å². The highest BCUT2D eigenvalue weighted by Crippen LogP contribution is 1.98. The Morgan fingerprint density at radius 2 is 1.89 bits per heavy atom. The molecule has 0 aliphatic heterocycles. The first kappa shape index (κ1) is 16.2. The smallest absolute Gasteiger partial charge is 0.326 e. The molecule has 0 saturated heterocycles. The van der Waals surface area contributed by atoms with Gasteiger partial charge in [0, 0.05) is 13.6 Å². The first-order valence-electron chi connectivity index (χ1n) is 5.93. The molecule has 18 heavy (non-hydrogen) atoms. The third kappa shape index (κ3) is 6.07. The number of amides is 3. The van der Waals surface area contributed by atoms with Gasteiger partial charge >= 0.3 is 12.0 Å². The Balaban J connectivity index is 4.28. The number of carboxylic acids is 1. The fourth-order valence-electron chi connectivity index (χ4n) is 1.35. The van der Waals surface area contributed by atoms with Gasteiger partial charge in [-0.05, 0) is 13.3 Å². The lowest BCUT2D eigenvalue weighted by Gasteiger charge is -2.20. The standard InChI is InChI=1S/C11H21N3O4/c1-4-6-8(10(16)17)13-11(18)14(3)7-9(15)12-5-2/h8H,4-7H2,1-3H3,(H,12,15)(H,13,18)(H,16,17)/t8-/m1/s1. The maximum Gasteiger partial charge on any atom is 0.326 e. The van der Waals surface area contributed by atoms with Crippen molar-refractivity contribution in [2.45, 2.75) is 32.7 Å². The maximum absolute atomic E-state index is 11.6. The van der Waals surface area contributed by atoms with Crippen molar-refractivity contribution < 1.29 is 19.5 Å². The monoisotopic (exact) mass is 259 g/mol. The van der Waals surface area contributed by atoms with Gasteiger partial charge in [-0.25, -0.2) is 9.59 Å². The van der Waals surface area contributed by atoms with Crippen molar-refractivity contribution in [3.63, 3.8) is 0 Å². The summed E-state index contributed by atoms with van der Waals surface area (Å²) in [7, 11) is 1.44. The van der Waals surface area contributed by atoms with Gasteiger partial charge in [-0.3, -0.25) is 4.79 Å². The Kier molecular flexibility index (Phi) is 7.50. The molecule has 0 fully saturated rings. The van der Waals surface area contributed by atoms with E-state index in [1.165, 1.54) is 7.05 Å². The largest absolute Gasteiger partial charge is 0.480 e. The average Bonchev–Trinajstić information content (AvgIpc) is 2.28. The van der Waals surface area contributed by atoms with Gasteiger partial charge in [0.05, 0.1) is 0 Å². The van der Waals surface area contributed by atoms with Crippen LogP contribution in [0.15, 0.2) is 0 Å². The summed E-state index contributed by atoms with van der Waals surface area (Å²) in [4.78, 5) is 34.9. The molecule has 0 saturated carbocycles. The van der Waals surface area contributed by atoms with Gasteiger partial charge in [0.15, 0.2) is 0 Å². The number of carboxylic acid groups (broad SMARTS) is 1. The molecule has 0 aliphatic rings. The fraction of sp³-hybridized carbons (Fsp3) is 0.727. The molecule has 3 N–H and O–H groups in total. The van der Waals surface area contributed by atoms with Crippen LogP contribution in [0.4, 0.5) is 4.79 Å². The molecule has 3 amide bonds. The maximum atomic E-state index is 11.6. The van der Waals surface area contributed by atoms with Gasteiger partial charge in [0.2, 0.25) is 5.91 Å². The van der Waals surface area contributed by atoms with E-state index < -0.39 is 18.0 Å². The highest BCUT2D eigenvalue weighted by Gasteiger charge is 2.21. The summed E-state index contributed by atoms with van der Waals surface area (Å²) in [5, 5.41) is 13.8. The van der Waals surface area contributed by atoms with Crippen molar-refractivity contribution in [1.29, 1.82) is 0 Å². The molecule has 0 spiro atoms. The lowest BCUT2D eigenvalue weighted by molar-refractivity contribution is -0.139. The van der Waals surface area contributed by atoms with Crippen molar-refractivity contribution in [3.05, 3.63) is 0 Å². The van der Waals surface area contributed by atoms with Crippen molar-refractivity contribution in [3.8, 4) is 0 Å². The molecule has 0 aromatic carbocycles. The van der Waals surface area contributed by atoms with Gasteiger partial charge in [0.1, 0.15) is 12.6 Å². The second-order valence-corrected chi connectivity index (χ2v) is 3.94.